The lowest BCUT2D eigenvalue weighted by Crippen LogP contribution is -2.45. The summed E-state index contributed by atoms with van der Waals surface area (Å²) >= 11 is 0. The van der Waals surface area contributed by atoms with Crippen LogP contribution in [0.2, 0.25) is 0 Å². The monoisotopic (exact) mass is 413 g/mol. The molecule has 0 saturated carbocycles. The fourth-order valence-corrected chi connectivity index (χ4v) is 4.12. The fourth-order valence-electron chi connectivity index (χ4n) is 4.12. The number of aryl methyl sites for hydroxylation is 1. The highest BCUT2D eigenvalue weighted by atomic mass is 16.7. The van der Waals surface area contributed by atoms with Gasteiger partial charge in [-0.2, -0.15) is 0 Å². The number of hydrogen-bond donors (Lipinski definition) is 0. The Bertz CT molecular complexity index is 925. The fraction of sp³-hybridized carbons (Fsp3) is 0.455. The molecule has 160 valence electrons. The van der Waals surface area contributed by atoms with Crippen molar-refractivity contribution in [1.82, 2.24) is 9.80 Å². The standard InChI is InChI=1S/C22H27N3O5/c1-16-3-4-21(28-2)17(9-16)12-23-5-7-24(8-6-23)13-18-10-20(25(26)27)11-19-14-29-15-30-22(18)19/h3-4,9-11H,5-8,12-15H2,1-2H3. The first-order valence-electron chi connectivity index (χ1n) is 10.1. The molecule has 1 saturated heterocycles. The van der Waals surface area contributed by atoms with Crippen molar-refractivity contribution in [2.24, 2.45) is 0 Å². The van der Waals surface area contributed by atoms with E-state index >= 15 is 0 Å². The van der Waals surface area contributed by atoms with E-state index in [2.05, 4.69) is 28.9 Å². The Hall–Kier alpha value is -2.68. The number of piperazine rings is 1. The van der Waals surface area contributed by atoms with E-state index < -0.39 is 0 Å². The van der Waals surface area contributed by atoms with Crippen molar-refractivity contribution < 1.29 is 19.1 Å². The quantitative estimate of drug-likeness (QED) is 0.532. The highest BCUT2D eigenvalue weighted by Gasteiger charge is 2.24. The van der Waals surface area contributed by atoms with Crippen molar-refractivity contribution >= 4 is 5.69 Å². The molecule has 0 amide bonds. The lowest BCUT2D eigenvalue weighted by atomic mass is 10.1. The van der Waals surface area contributed by atoms with Gasteiger partial charge < -0.3 is 14.2 Å². The van der Waals surface area contributed by atoms with Gasteiger partial charge in [0.15, 0.2) is 6.79 Å². The maximum atomic E-state index is 11.3. The van der Waals surface area contributed by atoms with Gasteiger partial charge in [-0.1, -0.05) is 17.7 Å². The summed E-state index contributed by atoms with van der Waals surface area (Å²) in [5.74, 6) is 1.66. The number of nitrogens with zero attached hydrogens (tertiary/aromatic N) is 3. The van der Waals surface area contributed by atoms with Gasteiger partial charge in [-0.25, -0.2) is 0 Å². The normalized spacial score (nSPS) is 17.3. The summed E-state index contributed by atoms with van der Waals surface area (Å²) in [6, 6.07) is 9.45. The van der Waals surface area contributed by atoms with E-state index in [0.29, 0.717) is 13.2 Å². The third kappa shape index (κ3) is 4.56. The summed E-state index contributed by atoms with van der Waals surface area (Å²) in [4.78, 5) is 15.7. The van der Waals surface area contributed by atoms with Crippen LogP contribution in [0.15, 0.2) is 30.3 Å². The Kier molecular flexibility index (Phi) is 6.17. The van der Waals surface area contributed by atoms with Gasteiger partial charge in [-0.15, -0.1) is 0 Å². The molecule has 0 bridgehead atoms. The van der Waals surface area contributed by atoms with Gasteiger partial charge in [0.2, 0.25) is 0 Å². The van der Waals surface area contributed by atoms with Crippen molar-refractivity contribution in [1.29, 1.82) is 0 Å². The zero-order valence-electron chi connectivity index (χ0n) is 17.4. The maximum Gasteiger partial charge on any atom is 0.270 e. The Morgan fingerprint density at radius 3 is 2.43 bits per heavy atom. The van der Waals surface area contributed by atoms with Gasteiger partial charge in [-0.3, -0.25) is 19.9 Å². The molecule has 2 aromatic rings. The number of benzene rings is 2. The second-order valence-electron chi connectivity index (χ2n) is 7.83. The Labute approximate surface area is 176 Å². The van der Waals surface area contributed by atoms with Gasteiger partial charge in [0, 0.05) is 68.1 Å². The van der Waals surface area contributed by atoms with E-state index in [9.17, 15) is 10.1 Å². The predicted octanol–water partition coefficient (Wildman–Crippen LogP) is 3.10. The van der Waals surface area contributed by atoms with Gasteiger partial charge in [0.05, 0.1) is 18.6 Å². The molecule has 0 unspecified atom stereocenters. The minimum absolute atomic E-state index is 0.0861. The molecule has 2 aliphatic rings. The number of methoxy groups -OCH3 is 1. The highest BCUT2D eigenvalue weighted by Crippen LogP contribution is 2.33. The molecular formula is C22H27N3O5. The van der Waals surface area contributed by atoms with Crippen LogP contribution in [-0.4, -0.2) is 54.8 Å². The summed E-state index contributed by atoms with van der Waals surface area (Å²) in [5.41, 5.74) is 4.12. The zero-order valence-corrected chi connectivity index (χ0v) is 17.4. The lowest BCUT2D eigenvalue weighted by Gasteiger charge is -2.35. The number of fused-ring (bicyclic) bond motifs is 1. The van der Waals surface area contributed by atoms with E-state index in [1.807, 2.05) is 6.07 Å². The van der Waals surface area contributed by atoms with Crippen LogP contribution in [0, 0.1) is 17.0 Å². The Morgan fingerprint density at radius 1 is 1.07 bits per heavy atom. The van der Waals surface area contributed by atoms with Crippen LogP contribution in [0.25, 0.3) is 0 Å². The van der Waals surface area contributed by atoms with Crippen LogP contribution in [0.5, 0.6) is 11.5 Å². The summed E-state index contributed by atoms with van der Waals surface area (Å²) in [6.45, 7) is 7.74. The SMILES string of the molecule is COc1ccc(C)cc1CN1CCN(Cc2cc([N+](=O)[O-])cc3c2OCOC3)CC1. The van der Waals surface area contributed by atoms with Crippen molar-refractivity contribution in [2.45, 2.75) is 26.6 Å². The number of ether oxygens (including phenoxy) is 3. The summed E-state index contributed by atoms with van der Waals surface area (Å²) in [6.07, 6.45) is 0. The summed E-state index contributed by atoms with van der Waals surface area (Å²) in [5, 5.41) is 11.3. The van der Waals surface area contributed by atoms with E-state index in [0.717, 1.165) is 55.3 Å². The third-order valence-corrected chi connectivity index (χ3v) is 5.67. The summed E-state index contributed by atoms with van der Waals surface area (Å²) in [7, 11) is 1.71. The molecule has 0 atom stereocenters. The van der Waals surface area contributed by atoms with Crippen LogP contribution in [0.1, 0.15) is 22.3 Å². The van der Waals surface area contributed by atoms with Gasteiger partial charge >= 0.3 is 0 Å². The second kappa shape index (κ2) is 8.99. The largest absolute Gasteiger partial charge is 0.496 e. The molecule has 2 aliphatic heterocycles. The number of hydrogen-bond acceptors (Lipinski definition) is 7. The van der Waals surface area contributed by atoms with Crippen molar-refractivity contribution in [3.8, 4) is 11.5 Å². The molecular weight excluding hydrogens is 386 g/mol. The topological polar surface area (TPSA) is 77.3 Å². The van der Waals surface area contributed by atoms with Crippen LogP contribution in [0.3, 0.4) is 0 Å². The third-order valence-electron chi connectivity index (χ3n) is 5.67. The average Bonchev–Trinajstić information content (AvgIpc) is 2.75. The molecule has 4 rings (SSSR count). The number of nitro benzene ring substituents is 1. The van der Waals surface area contributed by atoms with E-state index in [1.54, 1.807) is 19.2 Å². The molecule has 0 radical (unpaired) electrons. The number of nitro groups is 1. The first-order valence-corrected chi connectivity index (χ1v) is 10.1. The molecule has 0 aromatic heterocycles. The molecule has 1 fully saturated rings. The van der Waals surface area contributed by atoms with Crippen LogP contribution in [0.4, 0.5) is 5.69 Å². The average molecular weight is 413 g/mol. The van der Waals surface area contributed by atoms with E-state index in [1.165, 1.54) is 11.1 Å². The molecule has 0 spiro atoms. The molecule has 2 heterocycles. The molecule has 2 aromatic carbocycles. The van der Waals surface area contributed by atoms with Crippen LogP contribution >= 0.6 is 0 Å². The van der Waals surface area contributed by atoms with Crippen molar-refractivity contribution in [3.05, 3.63) is 62.7 Å². The molecule has 8 nitrogen and oxygen atoms in total. The minimum Gasteiger partial charge on any atom is -0.496 e. The molecule has 30 heavy (non-hydrogen) atoms. The maximum absolute atomic E-state index is 11.3. The number of rotatable bonds is 6. The molecule has 8 heteroatoms. The predicted molar refractivity (Wildman–Crippen MR) is 112 cm³/mol. The lowest BCUT2D eigenvalue weighted by molar-refractivity contribution is -0.385. The Morgan fingerprint density at radius 2 is 1.77 bits per heavy atom. The zero-order chi connectivity index (χ0) is 21.1. The number of non-ortho nitro benzene ring substituents is 1. The molecule has 0 aliphatic carbocycles. The highest BCUT2D eigenvalue weighted by molar-refractivity contribution is 5.50. The summed E-state index contributed by atoms with van der Waals surface area (Å²) < 4.78 is 16.5. The Balaban J connectivity index is 1.41. The van der Waals surface area contributed by atoms with Gasteiger partial charge in [-0.05, 0) is 13.0 Å². The second-order valence-corrected chi connectivity index (χ2v) is 7.83. The van der Waals surface area contributed by atoms with Crippen molar-refractivity contribution in [3.63, 3.8) is 0 Å². The molecule has 0 N–H and O–H groups in total. The van der Waals surface area contributed by atoms with E-state index in [4.69, 9.17) is 14.2 Å². The van der Waals surface area contributed by atoms with Crippen LogP contribution in [-0.2, 0) is 24.4 Å². The smallest absolute Gasteiger partial charge is 0.270 e. The van der Waals surface area contributed by atoms with Crippen molar-refractivity contribution in [2.75, 3.05) is 40.1 Å². The van der Waals surface area contributed by atoms with Crippen LogP contribution < -0.4 is 9.47 Å². The first-order chi connectivity index (χ1) is 14.5. The van der Waals surface area contributed by atoms with Gasteiger partial charge in [0.25, 0.3) is 5.69 Å². The minimum atomic E-state index is -0.356. The van der Waals surface area contributed by atoms with E-state index in [-0.39, 0.29) is 17.4 Å². The first kappa shape index (κ1) is 20.6. The van der Waals surface area contributed by atoms with Gasteiger partial charge in [0.1, 0.15) is 11.5 Å².